The first kappa shape index (κ1) is 19.0. The van der Waals surface area contributed by atoms with Crippen LogP contribution >= 0.6 is 0 Å². The molecule has 2 aliphatic heterocycles. The Morgan fingerprint density at radius 1 is 0.833 bits per heavy atom. The summed E-state index contributed by atoms with van der Waals surface area (Å²) in [5, 5.41) is 0. The van der Waals surface area contributed by atoms with E-state index in [0.29, 0.717) is 6.61 Å². The van der Waals surface area contributed by atoms with Crippen LogP contribution in [0.3, 0.4) is 0 Å². The molecule has 5 rings (SSSR count). The third-order valence-corrected chi connectivity index (χ3v) is 5.68. The number of hydrogen-bond acceptors (Lipinski definition) is 6. The molecular weight excluding hydrogens is 376 g/mol. The number of benzene rings is 2. The smallest absolute Gasteiger partial charge is 0.142 e. The van der Waals surface area contributed by atoms with Crippen molar-refractivity contribution in [2.75, 3.05) is 44.4 Å². The van der Waals surface area contributed by atoms with Crippen molar-refractivity contribution in [1.29, 1.82) is 0 Å². The number of rotatable bonds is 4. The molecule has 6 nitrogen and oxygen atoms in total. The fourth-order valence-corrected chi connectivity index (χ4v) is 4.06. The van der Waals surface area contributed by atoms with E-state index < -0.39 is 0 Å². The number of morpholine rings is 1. The molecule has 3 heterocycles. The number of nitrogens with zero attached hydrogens (tertiary/aromatic N) is 4. The van der Waals surface area contributed by atoms with Crippen LogP contribution in [0.15, 0.2) is 60.9 Å². The number of hydrogen-bond donors (Lipinski definition) is 0. The number of ether oxygens (including phenoxy) is 2. The fraction of sp³-hybridized carbons (Fsp3) is 0.333. The van der Waals surface area contributed by atoms with Crippen LogP contribution in [0.4, 0.5) is 5.69 Å². The Kier molecular flexibility index (Phi) is 5.59. The molecule has 0 N–H and O–H groups in total. The van der Waals surface area contributed by atoms with E-state index in [0.717, 1.165) is 57.5 Å². The van der Waals surface area contributed by atoms with E-state index in [9.17, 15) is 0 Å². The molecule has 0 saturated carbocycles. The largest absolute Gasteiger partial charge is 0.492 e. The fourth-order valence-electron chi connectivity index (χ4n) is 4.06. The highest BCUT2D eigenvalue weighted by Crippen LogP contribution is 2.30. The molecule has 0 amide bonds. The van der Waals surface area contributed by atoms with Crippen molar-refractivity contribution >= 4 is 5.69 Å². The van der Waals surface area contributed by atoms with E-state index in [4.69, 9.17) is 9.47 Å². The Labute approximate surface area is 177 Å². The third-order valence-electron chi connectivity index (χ3n) is 5.68. The minimum atomic E-state index is 0.674. The van der Waals surface area contributed by atoms with Crippen LogP contribution in [0.25, 0.3) is 11.1 Å². The van der Waals surface area contributed by atoms with E-state index in [2.05, 4.69) is 62.2 Å². The number of anilines is 1. The molecule has 30 heavy (non-hydrogen) atoms. The molecule has 3 aromatic rings. The zero-order valence-electron chi connectivity index (χ0n) is 17.0. The summed E-state index contributed by atoms with van der Waals surface area (Å²) in [6, 6.07) is 17.2. The van der Waals surface area contributed by atoms with Crippen LogP contribution in [0.2, 0.25) is 0 Å². The molecule has 1 saturated heterocycles. The second-order valence-corrected chi connectivity index (χ2v) is 7.69. The van der Waals surface area contributed by atoms with Crippen molar-refractivity contribution < 1.29 is 9.47 Å². The maximum absolute atomic E-state index is 6.00. The van der Waals surface area contributed by atoms with Gasteiger partial charge in [0.25, 0.3) is 0 Å². The molecule has 2 aromatic carbocycles. The minimum Gasteiger partial charge on any atom is -0.492 e. The van der Waals surface area contributed by atoms with Gasteiger partial charge in [0.2, 0.25) is 0 Å². The SMILES string of the molecule is c1cnc(CN2CCOc3ccc(-c4ccc(N5CCOCC5)cc4)cc3C2)nc1. The van der Waals surface area contributed by atoms with Crippen LogP contribution in [-0.4, -0.2) is 54.3 Å². The first-order chi connectivity index (χ1) is 14.8. The molecule has 0 spiro atoms. The Morgan fingerprint density at radius 2 is 1.60 bits per heavy atom. The van der Waals surface area contributed by atoms with E-state index in [1.165, 1.54) is 22.4 Å². The summed E-state index contributed by atoms with van der Waals surface area (Å²) in [5.41, 5.74) is 4.90. The van der Waals surface area contributed by atoms with Crippen molar-refractivity contribution in [2.24, 2.45) is 0 Å². The number of aromatic nitrogens is 2. The van der Waals surface area contributed by atoms with Gasteiger partial charge in [0.1, 0.15) is 18.2 Å². The van der Waals surface area contributed by atoms with Crippen LogP contribution in [0.5, 0.6) is 5.75 Å². The van der Waals surface area contributed by atoms with Crippen molar-refractivity contribution in [2.45, 2.75) is 13.1 Å². The van der Waals surface area contributed by atoms with Gasteiger partial charge in [-0.1, -0.05) is 18.2 Å². The van der Waals surface area contributed by atoms with Gasteiger partial charge >= 0.3 is 0 Å². The molecule has 6 heteroatoms. The normalized spacial score (nSPS) is 17.1. The highest BCUT2D eigenvalue weighted by molar-refractivity contribution is 5.68. The maximum atomic E-state index is 6.00. The zero-order valence-corrected chi connectivity index (χ0v) is 17.0. The minimum absolute atomic E-state index is 0.674. The summed E-state index contributed by atoms with van der Waals surface area (Å²) in [6.07, 6.45) is 3.59. The monoisotopic (exact) mass is 402 g/mol. The zero-order chi connectivity index (χ0) is 20.2. The predicted molar refractivity (Wildman–Crippen MR) is 117 cm³/mol. The lowest BCUT2D eigenvalue weighted by atomic mass is 10.0. The first-order valence-electron chi connectivity index (χ1n) is 10.5. The Hall–Kier alpha value is -2.96. The van der Waals surface area contributed by atoms with Crippen LogP contribution in [0, 0.1) is 0 Å². The second-order valence-electron chi connectivity index (χ2n) is 7.69. The highest BCUT2D eigenvalue weighted by atomic mass is 16.5. The standard InChI is InChI=1S/C24H26N4O2/c1-8-25-24(26-9-1)18-27-10-15-30-23-7-4-20(16-21(23)17-27)19-2-5-22(6-3-19)28-11-13-29-14-12-28/h1-9,16H,10-15,17-18H2. The summed E-state index contributed by atoms with van der Waals surface area (Å²) >= 11 is 0. The molecule has 154 valence electrons. The lowest BCUT2D eigenvalue weighted by Crippen LogP contribution is -2.36. The van der Waals surface area contributed by atoms with Crippen molar-refractivity contribution in [3.8, 4) is 16.9 Å². The van der Waals surface area contributed by atoms with Gasteiger partial charge in [-0.3, -0.25) is 4.90 Å². The van der Waals surface area contributed by atoms with Gasteiger partial charge in [-0.25, -0.2) is 9.97 Å². The molecule has 0 bridgehead atoms. The predicted octanol–water partition coefficient (Wildman–Crippen LogP) is 3.37. The summed E-state index contributed by atoms with van der Waals surface area (Å²) in [6.45, 7) is 6.60. The second kappa shape index (κ2) is 8.81. The van der Waals surface area contributed by atoms with Crippen LogP contribution < -0.4 is 9.64 Å². The van der Waals surface area contributed by atoms with Crippen LogP contribution in [-0.2, 0) is 17.8 Å². The van der Waals surface area contributed by atoms with E-state index >= 15 is 0 Å². The van der Waals surface area contributed by atoms with Gasteiger partial charge in [-0.2, -0.15) is 0 Å². The highest BCUT2D eigenvalue weighted by Gasteiger charge is 2.17. The van der Waals surface area contributed by atoms with Crippen LogP contribution in [0.1, 0.15) is 11.4 Å². The first-order valence-corrected chi connectivity index (χ1v) is 10.5. The molecule has 1 aromatic heterocycles. The summed E-state index contributed by atoms with van der Waals surface area (Å²) in [4.78, 5) is 13.4. The van der Waals surface area contributed by atoms with Gasteiger partial charge in [0.15, 0.2) is 0 Å². The average molecular weight is 402 g/mol. The molecule has 2 aliphatic rings. The summed E-state index contributed by atoms with van der Waals surface area (Å²) in [5.74, 6) is 1.82. The van der Waals surface area contributed by atoms with Gasteiger partial charge in [0, 0.05) is 49.8 Å². The van der Waals surface area contributed by atoms with E-state index in [-0.39, 0.29) is 0 Å². The Bertz CT molecular complexity index is 972. The maximum Gasteiger partial charge on any atom is 0.142 e. The third kappa shape index (κ3) is 4.30. The molecule has 0 aliphatic carbocycles. The average Bonchev–Trinajstić information content (AvgIpc) is 3.01. The van der Waals surface area contributed by atoms with Gasteiger partial charge in [-0.15, -0.1) is 0 Å². The quantitative estimate of drug-likeness (QED) is 0.667. The molecule has 0 radical (unpaired) electrons. The van der Waals surface area contributed by atoms with E-state index in [1.54, 1.807) is 12.4 Å². The summed E-state index contributed by atoms with van der Waals surface area (Å²) < 4.78 is 11.5. The van der Waals surface area contributed by atoms with Gasteiger partial charge in [-0.05, 0) is 41.5 Å². The Morgan fingerprint density at radius 3 is 2.40 bits per heavy atom. The lowest BCUT2D eigenvalue weighted by molar-refractivity contribution is 0.122. The molecule has 0 atom stereocenters. The van der Waals surface area contributed by atoms with Gasteiger partial charge in [0.05, 0.1) is 19.8 Å². The van der Waals surface area contributed by atoms with Gasteiger partial charge < -0.3 is 14.4 Å². The topological polar surface area (TPSA) is 50.7 Å². The molecule has 0 unspecified atom stereocenters. The molecule has 1 fully saturated rings. The van der Waals surface area contributed by atoms with Crippen molar-refractivity contribution in [1.82, 2.24) is 14.9 Å². The summed E-state index contributed by atoms with van der Waals surface area (Å²) in [7, 11) is 0. The van der Waals surface area contributed by atoms with E-state index in [1.807, 2.05) is 6.07 Å². The Balaban J connectivity index is 1.34. The number of fused-ring (bicyclic) bond motifs is 1. The van der Waals surface area contributed by atoms with Crippen molar-refractivity contribution in [3.05, 3.63) is 72.3 Å². The molecular formula is C24H26N4O2. The lowest BCUT2D eigenvalue weighted by Gasteiger charge is -2.29. The van der Waals surface area contributed by atoms with Crippen molar-refractivity contribution in [3.63, 3.8) is 0 Å².